The minimum absolute atomic E-state index is 0.142. The molecule has 0 saturated carbocycles. The normalized spacial score (nSPS) is 10.4. The number of hydrogen-bond acceptors (Lipinski definition) is 3. The fourth-order valence-electron chi connectivity index (χ4n) is 2.07. The van der Waals surface area contributed by atoms with E-state index in [1.807, 2.05) is 30.3 Å². The minimum atomic E-state index is -0.171. The van der Waals surface area contributed by atoms with Crippen LogP contribution in [0.25, 0.3) is 11.3 Å². The van der Waals surface area contributed by atoms with Crippen molar-refractivity contribution in [2.75, 3.05) is 5.32 Å². The third kappa shape index (κ3) is 3.54. The van der Waals surface area contributed by atoms with Gasteiger partial charge in [0.15, 0.2) is 5.76 Å². The van der Waals surface area contributed by atoms with E-state index in [9.17, 15) is 4.79 Å². The van der Waals surface area contributed by atoms with Crippen molar-refractivity contribution >= 4 is 23.2 Å². The van der Waals surface area contributed by atoms with Crippen LogP contribution in [-0.2, 0) is 11.2 Å². The van der Waals surface area contributed by atoms with Crippen LogP contribution in [0, 0.1) is 0 Å². The Morgan fingerprint density at radius 1 is 1.09 bits per heavy atom. The highest BCUT2D eigenvalue weighted by atomic mass is 35.5. The highest BCUT2D eigenvalue weighted by Gasteiger charge is 2.10. The Hall–Kier alpha value is -2.59. The van der Waals surface area contributed by atoms with Gasteiger partial charge in [-0.05, 0) is 18.2 Å². The van der Waals surface area contributed by atoms with Crippen molar-refractivity contribution in [3.8, 4) is 11.3 Å². The maximum Gasteiger partial charge on any atom is 0.230 e. The quantitative estimate of drug-likeness (QED) is 0.786. The van der Waals surface area contributed by atoms with Gasteiger partial charge in [-0.2, -0.15) is 0 Å². The second-order valence-electron chi connectivity index (χ2n) is 4.78. The third-order valence-electron chi connectivity index (χ3n) is 3.07. The second-order valence-corrected chi connectivity index (χ2v) is 5.22. The zero-order valence-electron chi connectivity index (χ0n) is 11.6. The molecule has 5 heteroatoms. The molecule has 0 aliphatic rings. The molecule has 1 amide bonds. The molecule has 0 unspecified atom stereocenters. The third-order valence-corrected chi connectivity index (χ3v) is 3.30. The van der Waals surface area contributed by atoms with Crippen molar-refractivity contribution in [3.63, 3.8) is 0 Å². The van der Waals surface area contributed by atoms with Gasteiger partial charge in [0.25, 0.3) is 0 Å². The first-order valence-electron chi connectivity index (χ1n) is 6.77. The Labute approximate surface area is 132 Å². The van der Waals surface area contributed by atoms with Gasteiger partial charge in [0.05, 0.1) is 12.1 Å². The number of hydrogen-bond donors (Lipinski definition) is 1. The lowest BCUT2D eigenvalue weighted by atomic mass is 10.1. The number of carbonyl (C=O) groups is 1. The van der Waals surface area contributed by atoms with E-state index in [-0.39, 0.29) is 12.3 Å². The number of benzene rings is 2. The molecule has 3 rings (SSSR count). The lowest BCUT2D eigenvalue weighted by molar-refractivity contribution is -0.115. The standard InChI is InChI=1S/C17H13ClN2O2/c18-13-7-4-8-14(9-13)19-17(21)11-15-10-16(22-20-15)12-5-2-1-3-6-12/h1-10H,11H2,(H,19,21). The largest absolute Gasteiger partial charge is 0.356 e. The van der Waals surface area contributed by atoms with Crippen LogP contribution in [0.5, 0.6) is 0 Å². The van der Waals surface area contributed by atoms with Gasteiger partial charge in [-0.1, -0.05) is 53.2 Å². The number of halogens is 1. The topological polar surface area (TPSA) is 55.1 Å². The fourth-order valence-corrected chi connectivity index (χ4v) is 2.26. The number of rotatable bonds is 4. The lowest BCUT2D eigenvalue weighted by Crippen LogP contribution is -2.14. The van der Waals surface area contributed by atoms with E-state index in [1.54, 1.807) is 30.3 Å². The number of anilines is 1. The predicted octanol–water partition coefficient (Wildman–Crippen LogP) is 4.18. The van der Waals surface area contributed by atoms with Crippen LogP contribution < -0.4 is 5.32 Å². The maximum absolute atomic E-state index is 12.0. The molecule has 4 nitrogen and oxygen atoms in total. The Kier molecular flexibility index (Phi) is 4.21. The Morgan fingerprint density at radius 3 is 2.68 bits per heavy atom. The van der Waals surface area contributed by atoms with Crippen LogP contribution in [0.15, 0.2) is 65.2 Å². The molecule has 0 saturated heterocycles. The van der Waals surface area contributed by atoms with E-state index in [4.69, 9.17) is 16.1 Å². The Bertz CT molecular complexity index is 784. The molecular weight excluding hydrogens is 300 g/mol. The molecule has 1 N–H and O–H groups in total. The summed E-state index contributed by atoms with van der Waals surface area (Å²) in [6.07, 6.45) is 0.142. The zero-order chi connectivity index (χ0) is 15.4. The number of aromatic nitrogens is 1. The van der Waals surface area contributed by atoms with E-state index in [1.165, 1.54) is 0 Å². The molecule has 2 aromatic carbocycles. The van der Waals surface area contributed by atoms with E-state index in [2.05, 4.69) is 10.5 Å². The monoisotopic (exact) mass is 312 g/mol. The summed E-state index contributed by atoms with van der Waals surface area (Å²) in [5.41, 5.74) is 2.17. The molecule has 0 aliphatic heterocycles. The average molecular weight is 313 g/mol. The SMILES string of the molecule is O=C(Cc1cc(-c2ccccc2)on1)Nc1cccc(Cl)c1. The summed E-state index contributed by atoms with van der Waals surface area (Å²) in [5.74, 6) is 0.473. The van der Waals surface area contributed by atoms with E-state index < -0.39 is 0 Å². The molecule has 3 aromatic rings. The van der Waals surface area contributed by atoms with Crippen LogP contribution in [0.3, 0.4) is 0 Å². The number of carbonyl (C=O) groups excluding carboxylic acids is 1. The van der Waals surface area contributed by atoms with E-state index in [0.717, 1.165) is 5.56 Å². The van der Waals surface area contributed by atoms with Crippen LogP contribution in [0.2, 0.25) is 5.02 Å². The lowest BCUT2D eigenvalue weighted by Gasteiger charge is -2.03. The van der Waals surface area contributed by atoms with Crippen molar-refractivity contribution in [3.05, 3.63) is 71.4 Å². The van der Waals surface area contributed by atoms with Crippen molar-refractivity contribution in [2.24, 2.45) is 0 Å². The molecule has 110 valence electrons. The summed E-state index contributed by atoms with van der Waals surface area (Å²) in [4.78, 5) is 12.0. The van der Waals surface area contributed by atoms with Gasteiger partial charge < -0.3 is 9.84 Å². The summed E-state index contributed by atoms with van der Waals surface area (Å²) >= 11 is 5.88. The molecule has 1 heterocycles. The number of nitrogens with zero attached hydrogens (tertiary/aromatic N) is 1. The Balaban J connectivity index is 1.66. The van der Waals surface area contributed by atoms with Crippen LogP contribution in [0.1, 0.15) is 5.69 Å². The molecule has 0 spiro atoms. The summed E-state index contributed by atoms with van der Waals surface area (Å²) in [6, 6.07) is 18.4. The first kappa shape index (κ1) is 14.4. The van der Waals surface area contributed by atoms with Crippen molar-refractivity contribution in [1.82, 2.24) is 5.16 Å². The van der Waals surface area contributed by atoms with Crippen molar-refractivity contribution < 1.29 is 9.32 Å². The molecule has 1 aromatic heterocycles. The first-order valence-corrected chi connectivity index (χ1v) is 7.15. The fraction of sp³-hybridized carbons (Fsp3) is 0.0588. The van der Waals surface area contributed by atoms with Gasteiger partial charge in [0, 0.05) is 22.3 Å². The summed E-state index contributed by atoms with van der Waals surface area (Å²) in [5, 5.41) is 7.28. The molecule has 0 radical (unpaired) electrons. The number of amides is 1. The molecule has 0 fully saturated rings. The summed E-state index contributed by atoms with van der Waals surface area (Å²) in [7, 11) is 0. The minimum Gasteiger partial charge on any atom is -0.356 e. The van der Waals surface area contributed by atoms with Crippen LogP contribution in [-0.4, -0.2) is 11.1 Å². The summed E-state index contributed by atoms with van der Waals surface area (Å²) in [6.45, 7) is 0. The van der Waals surface area contributed by atoms with Gasteiger partial charge in [-0.3, -0.25) is 4.79 Å². The van der Waals surface area contributed by atoms with Crippen LogP contribution >= 0.6 is 11.6 Å². The highest BCUT2D eigenvalue weighted by molar-refractivity contribution is 6.30. The maximum atomic E-state index is 12.0. The molecule has 0 bridgehead atoms. The van der Waals surface area contributed by atoms with Crippen molar-refractivity contribution in [1.29, 1.82) is 0 Å². The van der Waals surface area contributed by atoms with Gasteiger partial charge in [-0.25, -0.2) is 0 Å². The van der Waals surface area contributed by atoms with Gasteiger partial charge in [0.2, 0.25) is 5.91 Å². The average Bonchev–Trinajstić information content (AvgIpc) is 2.96. The smallest absolute Gasteiger partial charge is 0.230 e. The van der Waals surface area contributed by atoms with Gasteiger partial charge in [-0.15, -0.1) is 0 Å². The highest BCUT2D eigenvalue weighted by Crippen LogP contribution is 2.20. The summed E-state index contributed by atoms with van der Waals surface area (Å²) < 4.78 is 5.27. The molecule has 22 heavy (non-hydrogen) atoms. The van der Waals surface area contributed by atoms with Crippen LogP contribution in [0.4, 0.5) is 5.69 Å². The second kappa shape index (κ2) is 6.45. The zero-order valence-corrected chi connectivity index (χ0v) is 12.4. The van der Waals surface area contributed by atoms with Gasteiger partial charge in [0.1, 0.15) is 0 Å². The van der Waals surface area contributed by atoms with Crippen molar-refractivity contribution in [2.45, 2.75) is 6.42 Å². The van der Waals surface area contributed by atoms with E-state index in [0.29, 0.717) is 22.2 Å². The van der Waals surface area contributed by atoms with Gasteiger partial charge >= 0.3 is 0 Å². The first-order chi connectivity index (χ1) is 10.7. The molecule has 0 atom stereocenters. The van der Waals surface area contributed by atoms with E-state index >= 15 is 0 Å². The number of nitrogens with one attached hydrogen (secondary N) is 1. The predicted molar refractivity (Wildman–Crippen MR) is 85.7 cm³/mol. The Morgan fingerprint density at radius 2 is 1.91 bits per heavy atom. The molecule has 0 aliphatic carbocycles. The molecular formula is C17H13ClN2O2.